The molecular formula is C21H20N4O4. The number of hydrogen-bond acceptors (Lipinski definition) is 6. The van der Waals surface area contributed by atoms with Crippen LogP contribution in [-0.4, -0.2) is 35.0 Å². The Morgan fingerprint density at radius 1 is 1.24 bits per heavy atom. The van der Waals surface area contributed by atoms with E-state index in [4.69, 9.17) is 4.74 Å². The summed E-state index contributed by atoms with van der Waals surface area (Å²) < 4.78 is 5.44. The van der Waals surface area contributed by atoms with Crippen molar-refractivity contribution in [1.29, 1.82) is 0 Å². The highest BCUT2D eigenvalue weighted by atomic mass is 16.5. The molecule has 0 saturated heterocycles. The van der Waals surface area contributed by atoms with E-state index in [1.54, 1.807) is 68.5 Å². The number of ether oxygens (including phenoxy) is 1. The van der Waals surface area contributed by atoms with Gasteiger partial charge in [-0.2, -0.15) is 10.2 Å². The van der Waals surface area contributed by atoms with Crippen LogP contribution in [0.15, 0.2) is 64.3 Å². The van der Waals surface area contributed by atoms with Crippen LogP contribution in [0.4, 0.5) is 0 Å². The second kappa shape index (κ2) is 8.83. The van der Waals surface area contributed by atoms with Crippen molar-refractivity contribution < 1.29 is 19.4 Å². The van der Waals surface area contributed by atoms with E-state index in [0.29, 0.717) is 28.3 Å². The molecule has 0 radical (unpaired) electrons. The van der Waals surface area contributed by atoms with Gasteiger partial charge in [0.15, 0.2) is 6.61 Å². The molecule has 0 saturated carbocycles. The zero-order valence-electron chi connectivity index (χ0n) is 16.0. The Morgan fingerprint density at radius 3 is 2.62 bits per heavy atom. The Hall–Kier alpha value is -3.94. The quantitative estimate of drug-likeness (QED) is 0.397. The van der Waals surface area contributed by atoms with Gasteiger partial charge in [0.2, 0.25) is 0 Å². The molecule has 0 fully saturated rings. The number of phenolic OH excluding ortho intramolecular Hbond substituents is 1. The minimum Gasteiger partial charge on any atom is -0.507 e. The molecule has 0 spiro atoms. The zero-order valence-corrected chi connectivity index (χ0v) is 16.0. The molecule has 8 nitrogen and oxygen atoms in total. The first kappa shape index (κ1) is 19.8. The van der Waals surface area contributed by atoms with Gasteiger partial charge in [0.25, 0.3) is 11.8 Å². The van der Waals surface area contributed by atoms with Gasteiger partial charge in [-0.3, -0.25) is 9.59 Å². The highest BCUT2D eigenvalue weighted by Crippen LogP contribution is 2.17. The predicted molar refractivity (Wildman–Crippen MR) is 110 cm³/mol. The monoisotopic (exact) mass is 392 g/mol. The zero-order chi connectivity index (χ0) is 20.8. The van der Waals surface area contributed by atoms with Gasteiger partial charge in [0.1, 0.15) is 11.5 Å². The van der Waals surface area contributed by atoms with Crippen molar-refractivity contribution >= 4 is 29.3 Å². The standard InChI is InChI=1S/C21H20N4O4/c1-13(17-5-3-4-6-19(17)26)22-24-20(27)12-29-16-9-7-15(8-10-16)11-18-14(2)23-25-21(18)28/h3-11,26H,12H2,1-2H3,(H,24,27)(H,25,28)/b18-11+,22-13-. The van der Waals surface area contributed by atoms with Gasteiger partial charge < -0.3 is 9.84 Å². The third-order valence-corrected chi connectivity index (χ3v) is 4.16. The third kappa shape index (κ3) is 5.07. The molecule has 0 atom stereocenters. The van der Waals surface area contributed by atoms with Crippen LogP contribution < -0.4 is 15.6 Å². The van der Waals surface area contributed by atoms with Crippen LogP contribution in [-0.2, 0) is 9.59 Å². The van der Waals surface area contributed by atoms with Crippen LogP contribution in [0.1, 0.15) is 25.0 Å². The van der Waals surface area contributed by atoms with Crippen LogP contribution in [0.25, 0.3) is 6.08 Å². The molecule has 1 heterocycles. The van der Waals surface area contributed by atoms with Crippen molar-refractivity contribution in [2.75, 3.05) is 6.61 Å². The molecule has 2 aromatic rings. The van der Waals surface area contributed by atoms with Gasteiger partial charge in [-0.15, -0.1) is 0 Å². The summed E-state index contributed by atoms with van der Waals surface area (Å²) in [6.45, 7) is 3.22. The SMILES string of the molecule is CC1=NNC(=O)/C1=C/c1ccc(OCC(=O)N/N=C(/C)c2ccccc2O)cc1. The normalized spacial score (nSPS) is 15.1. The molecule has 8 heteroatoms. The average Bonchev–Trinajstić information content (AvgIpc) is 3.04. The van der Waals surface area contributed by atoms with Crippen molar-refractivity contribution in [3.05, 3.63) is 65.2 Å². The summed E-state index contributed by atoms with van der Waals surface area (Å²) in [6, 6.07) is 13.7. The van der Waals surface area contributed by atoms with Gasteiger partial charge in [0, 0.05) is 5.56 Å². The Labute approximate surface area is 167 Å². The Balaban J connectivity index is 1.54. The van der Waals surface area contributed by atoms with Crippen molar-refractivity contribution in [3.8, 4) is 11.5 Å². The van der Waals surface area contributed by atoms with Gasteiger partial charge in [-0.25, -0.2) is 10.9 Å². The lowest BCUT2D eigenvalue weighted by molar-refractivity contribution is -0.123. The summed E-state index contributed by atoms with van der Waals surface area (Å²) in [5.74, 6) is -0.0737. The fourth-order valence-electron chi connectivity index (χ4n) is 2.58. The number of nitrogens with zero attached hydrogens (tertiary/aromatic N) is 2. The molecule has 2 aromatic carbocycles. The summed E-state index contributed by atoms with van der Waals surface area (Å²) in [6.07, 6.45) is 1.73. The van der Waals surface area contributed by atoms with E-state index in [9.17, 15) is 14.7 Å². The second-order valence-electron chi connectivity index (χ2n) is 6.30. The molecule has 29 heavy (non-hydrogen) atoms. The lowest BCUT2D eigenvalue weighted by atomic mass is 10.1. The highest BCUT2D eigenvalue weighted by molar-refractivity contribution is 6.26. The van der Waals surface area contributed by atoms with E-state index >= 15 is 0 Å². The summed E-state index contributed by atoms with van der Waals surface area (Å²) in [7, 11) is 0. The first-order chi connectivity index (χ1) is 13.9. The Morgan fingerprint density at radius 2 is 1.97 bits per heavy atom. The maximum absolute atomic E-state index is 11.9. The number of phenols is 1. The number of carbonyl (C=O) groups is 2. The number of para-hydroxylation sites is 1. The lowest BCUT2D eigenvalue weighted by Gasteiger charge is -2.07. The van der Waals surface area contributed by atoms with Crippen molar-refractivity contribution in [2.24, 2.45) is 10.2 Å². The fraction of sp³-hybridized carbons (Fsp3) is 0.143. The summed E-state index contributed by atoms with van der Waals surface area (Å²) in [4.78, 5) is 23.6. The fourth-order valence-corrected chi connectivity index (χ4v) is 2.58. The number of amides is 2. The van der Waals surface area contributed by atoms with E-state index in [0.717, 1.165) is 5.56 Å². The Bertz CT molecular complexity index is 1020. The highest BCUT2D eigenvalue weighted by Gasteiger charge is 2.18. The molecule has 0 aliphatic carbocycles. The van der Waals surface area contributed by atoms with Crippen LogP contribution in [0, 0.1) is 0 Å². The van der Waals surface area contributed by atoms with Crippen LogP contribution in [0.2, 0.25) is 0 Å². The first-order valence-electron chi connectivity index (χ1n) is 8.85. The van der Waals surface area contributed by atoms with E-state index in [-0.39, 0.29) is 18.3 Å². The van der Waals surface area contributed by atoms with Gasteiger partial charge >= 0.3 is 0 Å². The lowest BCUT2D eigenvalue weighted by Crippen LogP contribution is -2.25. The number of carbonyl (C=O) groups excluding carboxylic acids is 2. The summed E-state index contributed by atoms with van der Waals surface area (Å²) in [5.41, 5.74) is 7.76. The van der Waals surface area contributed by atoms with Gasteiger partial charge in [0.05, 0.1) is 17.0 Å². The molecule has 2 amide bonds. The predicted octanol–water partition coefficient (Wildman–Crippen LogP) is 2.20. The number of nitrogens with one attached hydrogen (secondary N) is 2. The summed E-state index contributed by atoms with van der Waals surface area (Å²) >= 11 is 0. The van der Waals surface area contributed by atoms with Crippen LogP contribution >= 0.6 is 0 Å². The van der Waals surface area contributed by atoms with E-state index in [1.165, 1.54) is 0 Å². The summed E-state index contributed by atoms with van der Waals surface area (Å²) in [5, 5.41) is 17.6. The minimum atomic E-state index is -0.430. The Kier molecular flexibility index (Phi) is 6.03. The molecular weight excluding hydrogens is 372 g/mol. The van der Waals surface area contributed by atoms with Gasteiger partial charge in [-0.05, 0) is 49.8 Å². The topological polar surface area (TPSA) is 112 Å². The maximum atomic E-state index is 11.9. The number of rotatable bonds is 6. The number of aromatic hydroxyl groups is 1. The van der Waals surface area contributed by atoms with E-state index < -0.39 is 5.91 Å². The van der Waals surface area contributed by atoms with Crippen molar-refractivity contribution in [3.63, 3.8) is 0 Å². The molecule has 1 aliphatic rings. The van der Waals surface area contributed by atoms with Crippen LogP contribution in [0.3, 0.4) is 0 Å². The van der Waals surface area contributed by atoms with Crippen molar-refractivity contribution in [2.45, 2.75) is 13.8 Å². The maximum Gasteiger partial charge on any atom is 0.277 e. The molecule has 0 unspecified atom stereocenters. The average molecular weight is 392 g/mol. The largest absolute Gasteiger partial charge is 0.507 e. The molecule has 3 N–H and O–H groups in total. The van der Waals surface area contributed by atoms with E-state index in [2.05, 4.69) is 21.1 Å². The first-order valence-corrected chi connectivity index (χ1v) is 8.85. The van der Waals surface area contributed by atoms with Crippen molar-refractivity contribution in [1.82, 2.24) is 10.9 Å². The molecule has 0 aromatic heterocycles. The number of hydrogen-bond donors (Lipinski definition) is 3. The molecule has 148 valence electrons. The molecule has 1 aliphatic heterocycles. The molecule has 0 bridgehead atoms. The second-order valence-corrected chi connectivity index (χ2v) is 6.30. The third-order valence-electron chi connectivity index (χ3n) is 4.16. The minimum absolute atomic E-state index is 0.0888. The van der Waals surface area contributed by atoms with Gasteiger partial charge in [-0.1, -0.05) is 24.3 Å². The van der Waals surface area contributed by atoms with Crippen LogP contribution in [0.5, 0.6) is 11.5 Å². The number of benzene rings is 2. The molecule has 3 rings (SSSR count). The smallest absolute Gasteiger partial charge is 0.277 e. The van der Waals surface area contributed by atoms with E-state index in [1.807, 2.05) is 0 Å². The number of hydrazone groups is 2.